The molecule has 0 saturated heterocycles. The lowest BCUT2D eigenvalue weighted by molar-refractivity contribution is -0.124. The largest absolute Gasteiger partial charge is 0.445 e. The summed E-state index contributed by atoms with van der Waals surface area (Å²) >= 11 is 0. The van der Waals surface area contributed by atoms with Crippen LogP contribution in [0.5, 0.6) is 0 Å². The summed E-state index contributed by atoms with van der Waals surface area (Å²) in [7, 11) is 0. The second-order valence-corrected chi connectivity index (χ2v) is 6.50. The summed E-state index contributed by atoms with van der Waals surface area (Å²) in [4.78, 5) is 47.0. The number of nitrogens with one attached hydrogen (secondary N) is 3. The minimum atomic E-state index is -0.955. The molecule has 4 amide bonds. The first-order valence-corrected chi connectivity index (χ1v) is 8.74. The van der Waals surface area contributed by atoms with E-state index >= 15 is 0 Å². The van der Waals surface area contributed by atoms with Gasteiger partial charge in [0.05, 0.1) is 0 Å². The third kappa shape index (κ3) is 8.84. The normalized spacial score (nSPS) is 12.1. The van der Waals surface area contributed by atoms with Crippen LogP contribution in [0.25, 0.3) is 0 Å². The first-order chi connectivity index (χ1) is 13.2. The maximum atomic E-state index is 12.5. The molecule has 1 aromatic rings. The van der Waals surface area contributed by atoms with Crippen molar-refractivity contribution in [3.8, 4) is 0 Å². The molecule has 1 aromatic carbocycles. The number of benzene rings is 1. The smallest absolute Gasteiger partial charge is 0.408 e. The zero-order valence-electron chi connectivity index (χ0n) is 16.2. The Labute approximate surface area is 163 Å². The van der Waals surface area contributed by atoms with Gasteiger partial charge in [0.15, 0.2) is 0 Å². The Morgan fingerprint density at radius 2 is 1.79 bits per heavy atom. The van der Waals surface area contributed by atoms with Crippen LogP contribution in [0, 0.1) is 5.92 Å². The van der Waals surface area contributed by atoms with Crippen molar-refractivity contribution >= 4 is 23.8 Å². The van der Waals surface area contributed by atoms with E-state index in [2.05, 4.69) is 16.0 Å². The van der Waals surface area contributed by atoms with Gasteiger partial charge in [0.2, 0.25) is 11.8 Å². The number of ether oxygens (including phenoxy) is 1. The van der Waals surface area contributed by atoms with Gasteiger partial charge in [-0.05, 0) is 17.9 Å². The van der Waals surface area contributed by atoms with Gasteiger partial charge >= 0.3 is 6.09 Å². The Morgan fingerprint density at radius 3 is 2.32 bits per heavy atom. The van der Waals surface area contributed by atoms with Crippen molar-refractivity contribution in [2.75, 3.05) is 0 Å². The standard InChI is InChI=1S/C19H26N4O5/c1-12(2)9-15(18(26)22-16(17(20)25)10-21-13(3)24)23-19(27)28-11-14-7-5-4-6-8-14/h4-8,10,12,15H,9,11H2,1-3H3,(H2,20,25)(H,21,24)(H,22,26)(H,23,27)/b16-10+/t15-/m0/s1. The Bertz CT molecular complexity index is 731. The summed E-state index contributed by atoms with van der Waals surface area (Å²) < 4.78 is 5.13. The number of hydrogen-bond donors (Lipinski definition) is 4. The molecule has 0 radical (unpaired) electrons. The molecule has 9 nitrogen and oxygen atoms in total. The van der Waals surface area contributed by atoms with Crippen LogP contribution in [0.4, 0.5) is 4.79 Å². The number of carbonyl (C=O) groups is 4. The molecule has 0 unspecified atom stereocenters. The number of primary amides is 1. The number of rotatable bonds is 9. The zero-order chi connectivity index (χ0) is 21.1. The van der Waals surface area contributed by atoms with Crippen LogP contribution in [-0.4, -0.2) is 29.9 Å². The van der Waals surface area contributed by atoms with Crippen LogP contribution >= 0.6 is 0 Å². The summed E-state index contributed by atoms with van der Waals surface area (Å²) in [5, 5.41) is 7.07. The molecule has 0 aliphatic heterocycles. The predicted molar refractivity (Wildman–Crippen MR) is 102 cm³/mol. The van der Waals surface area contributed by atoms with E-state index in [0.29, 0.717) is 6.42 Å². The Morgan fingerprint density at radius 1 is 1.14 bits per heavy atom. The maximum absolute atomic E-state index is 12.5. The average Bonchev–Trinajstić information content (AvgIpc) is 2.62. The van der Waals surface area contributed by atoms with Gasteiger partial charge < -0.3 is 26.4 Å². The van der Waals surface area contributed by atoms with Gasteiger partial charge in [-0.2, -0.15) is 0 Å². The minimum absolute atomic E-state index is 0.0532. The highest BCUT2D eigenvalue weighted by Gasteiger charge is 2.24. The number of carbonyl (C=O) groups excluding carboxylic acids is 4. The third-order valence-electron chi connectivity index (χ3n) is 3.47. The fourth-order valence-corrected chi connectivity index (χ4v) is 2.17. The highest BCUT2D eigenvalue weighted by molar-refractivity contribution is 5.98. The van der Waals surface area contributed by atoms with Gasteiger partial charge in [0.1, 0.15) is 18.3 Å². The monoisotopic (exact) mass is 390 g/mol. The lowest BCUT2D eigenvalue weighted by Crippen LogP contribution is -2.48. The third-order valence-corrected chi connectivity index (χ3v) is 3.47. The summed E-state index contributed by atoms with van der Waals surface area (Å²) in [6.45, 7) is 5.04. The first kappa shape index (κ1) is 22.7. The van der Waals surface area contributed by atoms with E-state index in [9.17, 15) is 19.2 Å². The molecular weight excluding hydrogens is 364 g/mol. The van der Waals surface area contributed by atoms with Crippen molar-refractivity contribution in [2.45, 2.75) is 39.8 Å². The van der Waals surface area contributed by atoms with Crippen LogP contribution in [0.1, 0.15) is 32.8 Å². The fourth-order valence-electron chi connectivity index (χ4n) is 2.17. The van der Waals surface area contributed by atoms with Gasteiger partial charge in [0.25, 0.3) is 5.91 Å². The van der Waals surface area contributed by atoms with Gasteiger partial charge in [-0.1, -0.05) is 44.2 Å². The molecule has 0 spiro atoms. The molecule has 0 aliphatic carbocycles. The number of hydrogen-bond acceptors (Lipinski definition) is 5. The quantitative estimate of drug-likeness (QED) is 0.464. The fraction of sp³-hybridized carbons (Fsp3) is 0.368. The van der Waals surface area contributed by atoms with E-state index in [1.165, 1.54) is 6.92 Å². The number of amides is 4. The summed E-state index contributed by atoms with van der Waals surface area (Å²) in [5.74, 6) is -1.95. The van der Waals surface area contributed by atoms with E-state index < -0.39 is 29.9 Å². The molecule has 0 heterocycles. The Kier molecular flexibility index (Phi) is 9.21. The van der Waals surface area contributed by atoms with Crippen molar-refractivity contribution in [3.63, 3.8) is 0 Å². The predicted octanol–water partition coefficient (Wildman–Crippen LogP) is 0.906. The Balaban J connectivity index is 2.75. The Hall–Kier alpha value is -3.36. The van der Waals surface area contributed by atoms with E-state index in [0.717, 1.165) is 11.8 Å². The van der Waals surface area contributed by atoms with Crippen LogP contribution in [0.2, 0.25) is 0 Å². The summed E-state index contributed by atoms with van der Waals surface area (Å²) in [6.07, 6.45) is 0.539. The van der Waals surface area contributed by atoms with Crippen molar-refractivity contribution < 1.29 is 23.9 Å². The molecule has 28 heavy (non-hydrogen) atoms. The minimum Gasteiger partial charge on any atom is -0.445 e. The van der Waals surface area contributed by atoms with Gasteiger partial charge in [0, 0.05) is 13.1 Å². The molecule has 152 valence electrons. The second-order valence-electron chi connectivity index (χ2n) is 6.50. The first-order valence-electron chi connectivity index (χ1n) is 8.74. The van der Waals surface area contributed by atoms with Gasteiger partial charge in [-0.25, -0.2) is 4.79 Å². The molecular formula is C19H26N4O5. The van der Waals surface area contributed by atoms with E-state index in [1.54, 1.807) is 12.1 Å². The molecule has 5 N–H and O–H groups in total. The van der Waals surface area contributed by atoms with E-state index in [1.807, 2.05) is 32.0 Å². The van der Waals surface area contributed by atoms with Gasteiger partial charge in [-0.3, -0.25) is 14.4 Å². The van der Waals surface area contributed by atoms with E-state index in [-0.39, 0.29) is 18.2 Å². The van der Waals surface area contributed by atoms with Crippen LogP contribution in [0.3, 0.4) is 0 Å². The molecule has 0 fully saturated rings. The van der Waals surface area contributed by atoms with Crippen molar-refractivity contribution in [1.82, 2.24) is 16.0 Å². The molecule has 0 saturated carbocycles. The molecule has 0 bridgehead atoms. The second kappa shape index (κ2) is 11.4. The van der Waals surface area contributed by atoms with Crippen molar-refractivity contribution in [2.24, 2.45) is 11.7 Å². The SMILES string of the molecule is CC(=O)N/C=C(/NC(=O)[C@H](CC(C)C)NC(=O)OCc1ccccc1)C(N)=O. The molecule has 9 heteroatoms. The highest BCUT2D eigenvalue weighted by Crippen LogP contribution is 2.07. The summed E-state index contributed by atoms with van der Waals surface area (Å²) in [6, 6.07) is 8.13. The topological polar surface area (TPSA) is 140 Å². The molecule has 1 rings (SSSR count). The highest BCUT2D eigenvalue weighted by atomic mass is 16.5. The molecule has 1 atom stereocenters. The van der Waals surface area contributed by atoms with E-state index in [4.69, 9.17) is 10.5 Å². The van der Waals surface area contributed by atoms with Crippen molar-refractivity contribution in [1.29, 1.82) is 0 Å². The summed E-state index contributed by atoms with van der Waals surface area (Å²) in [5.41, 5.74) is 5.71. The van der Waals surface area contributed by atoms with Crippen LogP contribution < -0.4 is 21.7 Å². The number of nitrogens with two attached hydrogens (primary N) is 1. The van der Waals surface area contributed by atoms with Crippen molar-refractivity contribution in [3.05, 3.63) is 47.8 Å². The lowest BCUT2D eigenvalue weighted by Gasteiger charge is -2.20. The van der Waals surface area contributed by atoms with Gasteiger partial charge in [-0.15, -0.1) is 0 Å². The molecule has 0 aromatic heterocycles. The van der Waals surface area contributed by atoms with Crippen LogP contribution in [-0.2, 0) is 25.7 Å². The zero-order valence-corrected chi connectivity index (χ0v) is 16.2. The average molecular weight is 390 g/mol. The van der Waals surface area contributed by atoms with Crippen LogP contribution in [0.15, 0.2) is 42.2 Å². The maximum Gasteiger partial charge on any atom is 0.408 e. The molecule has 0 aliphatic rings. The number of alkyl carbamates (subject to hydrolysis) is 1. The lowest BCUT2D eigenvalue weighted by atomic mass is 10.0.